The molecule has 0 radical (unpaired) electrons. The molecule has 0 bridgehead atoms. The van der Waals surface area contributed by atoms with Gasteiger partial charge in [-0.25, -0.2) is 4.79 Å². The number of carbonyl (C=O) groups excluding carboxylic acids is 4. The van der Waals surface area contributed by atoms with E-state index < -0.39 is 30.5 Å². The molecule has 0 saturated carbocycles. The Kier molecular flexibility index (Phi) is 8.36. The van der Waals surface area contributed by atoms with Crippen LogP contribution in [0, 0.1) is 5.92 Å². The molecule has 0 saturated heterocycles. The second-order valence-electron chi connectivity index (χ2n) is 7.37. The lowest BCUT2D eigenvalue weighted by Crippen LogP contribution is -2.47. The van der Waals surface area contributed by atoms with E-state index in [2.05, 4.69) is 5.32 Å². The number of carbonyl (C=O) groups is 4. The van der Waals surface area contributed by atoms with E-state index in [1.165, 1.54) is 18.2 Å². The van der Waals surface area contributed by atoms with Crippen molar-refractivity contribution in [1.82, 2.24) is 5.32 Å². The maximum Gasteiger partial charge on any atom is 0.328 e. The molecule has 0 spiro atoms. The van der Waals surface area contributed by atoms with Gasteiger partial charge in [0.2, 0.25) is 0 Å². The van der Waals surface area contributed by atoms with Crippen molar-refractivity contribution in [3.63, 3.8) is 0 Å². The SMILES string of the molecule is CC[C@@H](C)[C@@H](NC(=O)COC(=O)CCC(=O)c1ccc2c(c1)CCC2)C(=O)OC. The molecule has 158 valence electrons. The first-order valence-corrected chi connectivity index (χ1v) is 10.0. The minimum Gasteiger partial charge on any atom is -0.467 e. The number of methoxy groups -OCH3 is 1. The topological polar surface area (TPSA) is 98.8 Å². The molecule has 0 aliphatic heterocycles. The van der Waals surface area contributed by atoms with Crippen LogP contribution in [0.2, 0.25) is 0 Å². The van der Waals surface area contributed by atoms with E-state index in [0.717, 1.165) is 19.3 Å². The monoisotopic (exact) mass is 403 g/mol. The second-order valence-corrected chi connectivity index (χ2v) is 7.37. The number of esters is 2. The molecule has 2 rings (SSSR count). The normalized spacial score (nSPS) is 14.4. The molecule has 0 fully saturated rings. The summed E-state index contributed by atoms with van der Waals surface area (Å²) in [6, 6.07) is 4.89. The number of benzene rings is 1. The molecule has 0 unspecified atom stereocenters. The van der Waals surface area contributed by atoms with Gasteiger partial charge in [-0.2, -0.15) is 0 Å². The number of nitrogens with one attached hydrogen (secondary N) is 1. The van der Waals surface area contributed by atoms with Crippen LogP contribution in [0.1, 0.15) is 61.0 Å². The number of aryl methyl sites for hydroxylation is 2. The van der Waals surface area contributed by atoms with Crippen molar-refractivity contribution >= 4 is 23.6 Å². The van der Waals surface area contributed by atoms with Gasteiger partial charge in [-0.15, -0.1) is 0 Å². The van der Waals surface area contributed by atoms with E-state index in [1.54, 1.807) is 6.07 Å². The number of ether oxygens (including phenoxy) is 2. The molecule has 2 atom stereocenters. The van der Waals surface area contributed by atoms with Crippen LogP contribution in [0.15, 0.2) is 18.2 Å². The smallest absolute Gasteiger partial charge is 0.328 e. The highest BCUT2D eigenvalue weighted by Gasteiger charge is 2.27. The summed E-state index contributed by atoms with van der Waals surface area (Å²) in [5.74, 6) is -2.00. The van der Waals surface area contributed by atoms with E-state index in [4.69, 9.17) is 9.47 Å². The third-order valence-electron chi connectivity index (χ3n) is 5.33. The predicted octanol–water partition coefficient (Wildman–Crippen LogP) is 2.39. The summed E-state index contributed by atoms with van der Waals surface area (Å²) >= 11 is 0. The van der Waals surface area contributed by atoms with Gasteiger partial charge < -0.3 is 14.8 Å². The molecular weight excluding hydrogens is 374 g/mol. The molecule has 1 aromatic rings. The van der Waals surface area contributed by atoms with E-state index in [0.29, 0.717) is 12.0 Å². The summed E-state index contributed by atoms with van der Waals surface area (Å²) in [6.45, 7) is 3.21. The van der Waals surface area contributed by atoms with Crippen LogP contribution in [-0.2, 0) is 36.7 Å². The first kappa shape index (κ1) is 22.6. The van der Waals surface area contributed by atoms with Crippen LogP contribution in [-0.4, -0.2) is 43.4 Å². The lowest BCUT2D eigenvalue weighted by molar-refractivity contribution is -0.151. The van der Waals surface area contributed by atoms with Crippen LogP contribution < -0.4 is 5.32 Å². The molecule has 1 aliphatic rings. The number of amides is 1. The fourth-order valence-corrected chi connectivity index (χ4v) is 3.33. The zero-order chi connectivity index (χ0) is 21.4. The van der Waals surface area contributed by atoms with E-state index in [1.807, 2.05) is 26.0 Å². The maximum atomic E-state index is 12.3. The quantitative estimate of drug-likeness (QED) is 0.476. The molecule has 1 aliphatic carbocycles. The molecule has 0 aromatic heterocycles. The summed E-state index contributed by atoms with van der Waals surface area (Å²) in [5, 5.41) is 2.53. The maximum absolute atomic E-state index is 12.3. The van der Waals surface area contributed by atoms with Crippen LogP contribution in [0.3, 0.4) is 0 Å². The standard InChI is InChI=1S/C22H29NO6/c1-4-14(2)21(22(27)28-3)23-19(25)13-29-20(26)11-10-18(24)17-9-8-15-6-5-7-16(15)12-17/h8-9,12,14,21H,4-7,10-11,13H2,1-3H3,(H,23,25)/t14-,21-/m1/s1. The zero-order valence-corrected chi connectivity index (χ0v) is 17.3. The second kappa shape index (κ2) is 10.7. The number of hydrogen-bond acceptors (Lipinski definition) is 6. The number of ketones is 1. The summed E-state index contributed by atoms with van der Waals surface area (Å²) in [4.78, 5) is 48.0. The Morgan fingerprint density at radius 3 is 2.52 bits per heavy atom. The summed E-state index contributed by atoms with van der Waals surface area (Å²) in [7, 11) is 1.25. The van der Waals surface area contributed by atoms with Gasteiger partial charge in [0.25, 0.3) is 5.91 Å². The molecule has 1 N–H and O–H groups in total. The van der Waals surface area contributed by atoms with Gasteiger partial charge in [0.15, 0.2) is 12.4 Å². The summed E-state index contributed by atoms with van der Waals surface area (Å²) < 4.78 is 9.63. The third kappa shape index (κ3) is 6.41. The highest BCUT2D eigenvalue weighted by molar-refractivity contribution is 5.98. The summed E-state index contributed by atoms with van der Waals surface area (Å²) in [6.07, 6.45) is 3.73. The third-order valence-corrected chi connectivity index (χ3v) is 5.33. The molecule has 29 heavy (non-hydrogen) atoms. The van der Waals surface area contributed by atoms with Crippen molar-refractivity contribution in [3.8, 4) is 0 Å². The molecule has 0 heterocycles. The van der Waals surface area contributed by atoms with Crippen molar-refractivity contribution in [3.05, 3.63) is 34.9 Å². The Labute approximate surface area is 171 Å². The van der Waals surface area contributed by atoms with Crippen LogP contribution in [0.4, 0.5) is 0 Å². The largest absolute Gasteiger partial charge is 0.467 e. The molecule has 1 amide bonds. The van der Waals surface area contributed by atoms with Crippen molar-refractivity contribution in [2.75, 3.05) is 13.7 Å². The first-order valence-electron chi connectivity index (χ1n) is 10.0. The first-order chi connectivity index (χ1) is 13.8. The van der Waals surface area contributed by atoms with Crippen LogP contribution in [0.5, 0.6) is 0 Å². The van der Waals surface area contributed by atoms with Crippen molar-refractivity contribution in [1.29, 1.82) is 0 Å². The molecule has 7 nitrogen and oxygen atoms in total. The van der Waals surface area contributed by atoms with Crippen LogP contribution >= 0.6 is 0 Å². The number of rotatable bonds is 10. The Bertz CT molecular complexity index is 773. The molecule has 1 aromatic carbocycles. The highest BCUT2D eigenvalue weighted by atomic mass is 16.5. The van der Waals surface area contributed by atoms with E-state index in [-0.39, 0.29) is 24.5 Å². The fourth-order valence-electron chi connectivity index (χ4n) is 3.33. The van der Waals surface area contributed by atoms with Crippen molar-refractivity contribution < 1.29 is 28.7 Å². The minimum atomic E-state index is -0.794. The molecule has 7 heteroatoms. The average molecular weight is 403 g/mol. The number of fused-ring (bicyclic) bond motifs is 1. The van der Waals surface area contributed by atoms with Crippen molar-refractivity contribution in [2.24, 2.45) is 5.92 Å². The van der Waals surface area contributed by atoms with Gasteiger partial charge in [0.1, 0.15) is 6.04 Å². The van der Waals surface area contributed by atoms with Gasteiger partial charge in [-0.05, 0) is 42.4 Å². The number of hydrogen-bond donors (Lipinski definition) is 1. The average Bonchev–Trinajstić information content (AvgIpc) is 3.21. The van der Waals surface area contributed by atoms with Gasteiger partial charge in [0.05, 0.1) is 13.5 Å². The summed E-state index contributed by atoms with van der Waals surface area (Å²) in [5.41, 5.74) is 3.09. The Morgan fingerprint density at radius 2 is 1.83 bits per heavy atom. The van der Waals surface area contributed by atoms with Gasteiger partial charge in [-0.1, -0.05) is 32.4 Å². The molecular formula is C22H29NO6. The number of Topliss-reactive ketones (excluding diaryl/α,β-unsaturated/α-hetero) is 1. The zero-order valence-electron chi connectivity index (χ0n) is 17.3. The van der Waals surface area contributed by atoms with E-state index in [9.17, 15) is 19.2 Å². The van der Waals surface area contributed by atoms with Gasteiger partial charge in [0, 0.05) is 12.0 Å². The lowest BCUT2D eigenvalue weighted by atomic mass is 9.99. The Morgan fingerprint density at radius 1 is 1.10 bits per heavy atom. The Hall–Kier alpha value is -2.70. The van der Waals surface area contributed by atoms with Crippen molar-refractivity contribution in [2.45, 2.75) is 58.4 Å². The Balaban J connectivity index is 1.76. The van der Waals surface area contributed by atoms with Gasteiger partial charge >= 0.3 is 11.9 Å². The van der Waals surface area contributed by atoms with Crippen LogP contribution in [0.25, 0.3) is 0 Å². The fraction of sp³-hybridized carbons (Fsp3) is 0.545. The lowest BCUT2D eigenvalue weighted by Gasteiger charge is -2.21. The minimum absolute atomic E-state index is 0.0247. The predicted molar refractivity (Wildman–Crippen MR) is 106 cm³/mol. The van der Waals surface area contributed by atoms with E-state index >= 15 is 0 Å². The van der Waals surface area contributed by atoms with Gasteiger partial charge in [-0.3, -0.25) is 14.4 Å². The highest BCUT2D eigenvalue weighted by Crippen LogP contribution is 2.23.